The second-order valence-corrected chi connectivity index (χ2v) is 16.8. The Labute approximate surface area is 416 Å². The lowest BCUT2D eigenvalue weighted by atomic mass is 9.83. The Morgan fingerprint density at radius 3 is 1.67 bits per heavy atom. The number of alkyl carbamates (subject to hydrolysis) is 1. The van der Waals surface area contributed by atoms with E-state index in [-0.39, 0.29) is 105 Å². The van der Waals surface area contributed by atoms with Gasteiger partial charge in [-0.15, -0.1) is 0 Å². The number of hydrogen-bond donors (Lipinski definition) is 5. The van der Waals surface area contributed by atoms with E-state index in [0.717, 1.165) is 61.3 Å². The average molecular weight is 991 g/mol. The third-order valence-electron chi connectivity index (χ3n) is 11.8. The zero-order valence-electron chi connectivity index (χ0n) is 39.7. The summed E-state index contributed by atoms with van der Waals surface area (Å²) in [5.41, 5.74) is 2.68. The second-order valence-electron chi connectivity index (χ2n) is 16.8. The normalized spacial score (nSPS) is 15.8. The Morgan fingerprint density at radius 1 is 0.583 bits per heavy atom. The minimum atomic E-state index is -1.18. The molecule has 0 saturated heterocycles. The summed E-state index contributed by atoms with van der Waals surface area (Å²) < 4.78 is 23.1. The topological polar surface area (TPSA) is 260 Å². The van der Waals surface area contributed by atoms with E-state index in [1.807, 2.05) is 48.5 Å². The van der Waals surface area contributed by atoms with Gasteiger partial charge < -0.3 is 40.2 Å². The molecule has 3 aliphatic heterocycles. The number of amides is 9. The Hall–Kier alpha value is -7.77. The summed E-state index contributed by atoms with van der Waals surface area (Å²) in [6.07, 6.45) is 6.17. The number of hydrogen-bond acceptors (Lipinski definition) is 15. The number of ether oxygens (including phenoxy) is 4. The molecule has 0 saturated carbocycles. The first kappa shape index (κ1) is 53.6. The van der Waals surface area contributed by atoms with Crippen LogP contribution in [-0.4, -0.2) is 160 Å². The number of carbonyl (C=O) groups excluding carboxylic acids is 9. The molecule has 21 nitrogen and oxygen atoms in total. The molecular weight excluding hydrogens is 933 g/mol. The fourth-order valence-electron chi connectivity index (χ4n) is 7.80. The maximum Gasteiger partial charge on any atom is 0.407 e. The Morgan fingerprint density at radius 2 is 1.08 bits per heavy atom. The highest BCUT2D eigenvalue weighted by atomic mass is 16.6. The van der Waals surface area contributed by atoms with Gasteiger partial charge in [0.15, 0.2) is 0 Å². The maximum absolute atomic E-state index is 13.2. The molecule has 0 radical (unpaired) electrons. The third-order valence-corrected chi connectivity index (χ3v) is 11.8. The van der Waals surface area contributed by atoms with Gasteiger partial charge in [0.25, 0.3) is 35.4 Å². The van der Waals surface area contributed by atoms with Gasteiger partial charge in [0, 0.05) is 130 Å². The minimum Gasteiger partial charge on any atom is -0.441 e. The summed E-state index contributed by atoms with van der Waals surface area (Å²) in [6.45, 7) is 5.31. The number of rotatable bonds is 30. The first-order chi connectivity index (χ1) is 34.8. The minimum absolute atomic E-state index is 0.0189. The molecule has 0 bridgehead atoms. The Kier molecular flexibility index (Phi) is 20.1. The van der Waals surface area contributed by atoms with Crippen LogP contribution in [0.5, 0.6) is 0 Å². The Bertz CT molecular complexity index is 2430. The summed E-state index contributed by atoms with van der Waals surface area (Å²) in [7, 11) is 0. The summed E-state index contributed by atoms with van der Waals surface area (Å²) >= 11 is 0. The van der Waals surface area contributed by atoms with Crippen molar-refractivity contribution in [1.82, 2.24) is 41.3 Å². The smallest absolute Gasteiger partial charge is 0.407 e. The molecular formula is C51H58N8O13. The van der Waals surface area contributed by atoms with Crippen molar-refractivity contribution in [1.29, 1.82) is 0 Å². The highest BCUT2D eigenvalue weighted by Crippen LogP contribution is 2.29. The fourth-order valence-corrected chi connectivity index (χ4v) is 7.80. The molecule has 2 aromatic carbocycles. The van der Waals surface area contributed by atoms with Crippen molar-refractivity contribution in [3.05, 3.63) is 120 Å². The lowest BCUT2D eigenvalue weighted by Gasteiger charge is -2.37. The lowest BCUT2D eigenvalue weighted by molar-refractivity contribution is -0.139. The van der Waals surface area contributed by atoms with Gasteiger partial charge in [-0.2, -0.15) is 0 Å². The van der Waals surface area contributed by atoms with E-state index < -0.39 is 64.9 Å². The number of fused-ring (bicyclic) bond motifs is 2. The van der Waals surface area contributed by atoms with Crippen LogP contribution in [-0.2, 0) is 63.7 Å². The number of benzene rings is 2. The highest BCUT2D eigenvalue weighted by Gasteiger charge is 2.35. The van der Waals surface area contributed by atoms with Crippen molar-refractivity contribution in [3.8, 4) is 11.8 Å². The van der Waals surface area contributed by atoms with E-state index in [2.05, 4.69) is 45.0 Å². The van der Waals surface area contributed by atoms with Crippen molar-refractivity contribution in [2.24, 2.45) is 5.41 Å². The van der Waals surface area contributed by atoms with Crippen LogP contribution in [0.15, 0.2) is 97.3 Å². The van der Waals surface area contributed by atoms with Gasteiger partial charge in [-0.25, -0.2) is 4.79 Å². The summed E-state index contributed by atoms with van der Waals surface area (Å²) in [4.78, 5) is 115. The molecule has 380 valence electrons. The molecule has 0 fully saturated rings. The largest absolute Gasteiger partial charge is 0.441 e. The maximum atomic E-state index is 13.2. The van der Waals surface area contributed by atoms with Crippen LogP contribution in [0.3, 0.4) is 0 Å². The van der Waals surface area contributed by atoms with Crippen LogP contribution in [0.1, 0.15) is 47.6 Å². The quantitative estimate of drug-likeness (QED) is 0.0305. The highest BCUT2D eigenvalue weighted by molar-refractivity contribution is 6.14. The van der Waals surface area contributed by atoms with Crippen molar-refractivity contribution in [3.63, 3.8) is 0 Å². The van der Waals surface area contributed by atoms with Crippen LogP contribution < -0.4 is 26.6 Å². The van der Waals surface area contributed by atoms with Gasteiger partial charge in [-0.05, 0) is 24.1 Å². The van der Waals surface area contributed by atoms with E-state index in [1.165, 1.54) is 12.2 Å². The molecule has 21 heteroatoms. The van der Waals surface area contributed by atoms with Crippen LogP contribution in [0.2, 0.25) is 0 Å². The van der Waals surface area contributed by atoms with Crippen molar-refractivity contribution in [2.45, 2.75) is 31.8 Å². The van der Waals surface area contributed by atoms with Crippen molar-refractivity contribution in [2.75, 3.05) is 92.1 Å². The van der Waals surface area contributed by atoms with E-state index in [0.29, 0.717) is 18.5 Å². The van der Waals surface area contributed by atoms with Gasteiger partial charge in [0.1, 0.15) is 6.10 Å². The van der Waals surface area contributed by atoms with E-state index in [4.69, 9.17) is 18.9 Å². The van der Waals surface area contributed by atoms with E-state index in [9.17, 15) is 43.2 Å². The summed E-state index contributed by atoms with van der Waals surface area (Å²) in [5, 5.41) is 14.8. The van der Waals surface area contributed by atoms with Gasteiger partial charge >= 0.3 is 6.09 Å². The molecule has 4 aliphatic rings. The van der Waals surface area contributed by atoms with E-state index in [1.54, 1.807) is 0 Å². The predicted octanol–water partition coefficient (Wildman–Crippen LogP) is 0.274. The van der Waals surface area contributed by atoms with Crippen molar-refractivity contribution < 1.29 is 62.1 Å². The SMILES string of the molecule is C=C(NCCOCCOCCNC(=O)OC1Cc2ccccc2C#Cc2ccccc21)C(CNCOCCCN1C(=O)C=CC1=O)(CNC(=O)CCN1C(=O)C=CC1=O)CNC(=O)CCN1C(=O)C=CC1=O. The molecule has 1 atom stereocenters. The molecule has 1 aliphatic carbocycles. The van der Waals surface area contributed by atoms with Crippen LogP contribution in [0, 0.1) is 17.3 Å². The van der Waals surface area contributed by atoms with Crippen LogP contribution in [0.4, 0.5) is 4.79 Å². The van der Waals surface area contributed by atoms with Crippen molar-refractivity contribution >= 4 is 53.4 Å². The standard InChI is InChI=1S/C51H58N8O13/c1-36(53-21-27-69-29-30-70-28-22-54-50(68)72-41-31-39-9-3-2-7-37(39)11-12-38-8-4-5-10-40(38)41)51(33-55-42(60)19-24-58-46(64)15-16-47(58)65,34-56-43(61)20-25-59-48(66)17-18-49(59)67)32-52-35-71-26-6-23-57-44(62)13-14-45(57)63/h2-5,7-10,13-18,41,52-53H,1,6,19-35H2,(H,54,68)(H,55,60)(H,56,61). The number of carbonyl (C=O) groups is 9. The zero-order chi connectivity index (χ0) is 51.3. The van der Waals surface area contributed by atoms with E-state index >= 15 is 0 Å². The number of imide groups is 3. The van der Waals surface area contributed by atoms with Gasteiger partial charge in [-0.1, -0.05) is 54.8 Å². The zero-order valence-corrected chi connectivity index (χ0v) is 39.7. The molecule has 5 N–H and O–H groups in total. The van der Waals surface area contributed by atoms with Crippen LogP contribution >= 0.6 is 0 Å². The monoisotopic (exact) mass is 990 g/mol. The molecule has 9 amide bonds. The first-order valence-corrected chi connectivity index (χ1v) is 23.5. The van der Waals surface area contributed by atoms with Crippen LogP contribution in [0.25, 0.3) is 0 Å². The molecule has 1 unspecified atom stereocenters. The third kappa shape index (κ3) is 15.6. The molecule has 0 aromatic heterocycles. The van der Waals surface area contributed by atoms with Gasteiger partial charge in [0.05, 0.1) is 45.2 Å². The molecule has 6 rings (SSSR count). The van der Waals surface area contributed by atoms with Gasteiger partial charge in [0.2, 0.25) is 11.8 Å². The summed E-state index contributed by atoms with van der Waals surface area (Å²) in [5.74, 6) is 2.48. The number of nitrogens with one attached hydrogen (secondary N) is 5. The molecule has 0 spiro atoms. The molecule has 72 heavy (non-hydrogen) atoms. The fraction of sp³-hybridized carbons (Fsp3) is 0.392. The Balaban J connectivity index is 0.976. The lowest BCUT2D eigenvalue weighted by Crippen LogP contribution is -2.54. The first-order valence-electron chi connectivity index (χ1n) is 23.5. The number of nitrogens with zero attached hydrogens (tertiary/aromatic N) is 3. The van der Waals surface area contributed by atoms with Gasteiger partial charge in [-0.3, -0.25) is 58.4 Å². The molecule has 3 heterocycles. The summed E-state index contributed by atoms with van der Waals surface area (Å²) in [6, 6.07) is 15.4. The predicted molar refractivity (Wildman–Crippen MR) is 257 cm³/mol. The second kappa shape index (κ2) is 27.0. The average Bonchev–Trinajstić information content (AvgIpc) is 4.00. The molecule has 2 aromatic rings.